The summed E-state index contributed by atoms with van der Waals surface area (Å²) in [6.07, 6.45) is 5.05. The molecule has 0 radical (unpaired) electrons. The monoisotopic (exact) mass is 423 g/mol. The summed E-state index contributed by atoms with van der Waals surface area (Å²) in [7, 11) is 0. The van der Waals surface area contributed by atoms with Crippen LogP contribution in [0.2, 0.25) is 0 Å². The number of halogens is 1. The maximum absolute atomic E-state index is 13.5. The maximum atomic E-state index is 13.5. The number of carbonyl (C=O) groups excluding carboxylic acids is 1. The Kier molecular flexibility index (Phi) is 5.41. The van der Waals surface area contributed by atoms with Crippen molar-refractivity contribution in [2.75, 3.05) is 6.61 Å². The molecule has 1 atom stereocenters. The van der Waals surface area contributed by atoms with Gasteiger partial charge in [-0.25, -0.2) is 14.2 Å². The molecule has 0 saturated carbocycles. The molecule has 0 amide bonds. The van der Waals surface area contributed by atoms with Gasteiger partial charge in [0.25, 0.3) is 5.56 Å². The summed E-state index contributed by atoms with van der Waals surface area (Å²) in [6, 6.07) is 8.59. The van der Waals surface area contributed by atoms with E-state index in [0.717, 1.165) is 5.56 Å². The third-order valence-electron chi connectivity index (χ3n) is 4.71. The Morgan fingerprint density at radius 2 is 1.93 bits per heavy atom. The number of benzene rings is 1. The summed E-state index contributed by atoms with van der Waals surface area (Å²) in [5.41, 5.74) is 1.89. The highest BCUT2D eigenvalue weighted by Gasteiger charge is 2.33. The molecule has 3 aromatic rings. The van der Waals surface area contributed by atoms with Crippen LogP contribution < -0.4 is 14.9 Å². The van der Waals surface area contributed by atoms with E-state index in [9.17, 15) is 14.0 Å². The maximum Gasteiger partial charge on any atom is 0.338 e. The predicted octanol–water partition coefficient (Wildman–Crippen LogP) is 2.33. The molecular formula is C22H18FN3O3S. The zero-order valence-electron chi connectivity index (χ0n) is 16.3. The number of pyridine rings is 1. The van der Waals surface area contributed by atoms with Crippen LogP contribution in [0.25, 0.3) is 6.08 Å². The Labute approximate surface area is 175 Å². The van der Waals surface area contributed by atoms with E-state index in [-0.39, 0.29) is 17.7 Å². The summed E-state index contributed by atoms with van der Waals surface area (Å²) in [5.74, 6) is -0.946. The molecule has 30 heavy (non-hydrogen) atoms. The third-order valence-corrected chi connectivity index (χ3v) is 5.69. The Balaban J connectivity index is 1.96. The molecule has 6 nitrogen and oxygen atoms in total. The number of thiazole rings is 1. The number of esters is 1. The summed E-state index contributed by atoms with van der Waals surface area (Å²) in [4.78, 5) is 35.0. The number of nitrogens with zero attached hydrogens (tertiary/aromatic N) is 3. The molecule has 3 heterocycles. The Bertz CT molecular complexity index is 1310. The lowest BCUT2D eigenvalue weighted by Gasteiger charge is -2.24. The van der Waals surface area contributed by atoms with Crippen LogP contribution in [0.1, 0.15) is 31.0 Å². The molecule has 4 rings (SSSR count). The topological polar surface area (TPSA) is 73.6 Å². The van der Waals surface area contributed by atoms with Gasteiger partial charge in [0.2, 0.25) is 0 Å². The van der Waals surface area contributed by atoms with Gasteiger partial charge in [-0.2, -0.15) is 0 Å². The molecule has 0 fully saturated rings. The quantitative estimate of drug-likeness (QED) is 0.604. The summed E-state index contributed by atoms with van der Waals surface area (Å²) in [6.45, 7) is 3.62. The zero-order chi connectivity index (χ0) is 21.3. The van der Waals surface area contributed by atoms with Gasteiger partial charge in [0.05, 0.1) is 28.5 Å². The van der Waals surface area contributed by atoms with Crippen LogP contribution in [0, 0.1) is 5.82 Å². The van der Waals surface area contributed by atoms with E-state index < -0.39 is 17.8 Å². The predicted molar refractivity (Wildman–Crippen MR) is 111 cm³/mol. The Hall–Kier alpha value is -3.39. The number of allylic oxidation sites excluding steroid dienone is 1. The Morgan fingerprint density at radius 3 is 2.60 bits per heavy atom. The highest BCUT2D eigenvalue weighted by molar-refractivity contribution is 7.07. The molecule has 1 aliphatic heterocycles. The second-order valence-electron chi connectivity index (χ2n) is 6.63. The molecule has 1 unspecified atom stereocenters. The van der Waals surface area contributed by atoms with Crippen molar-refractivity contribution in [3.63, 3.8) is 0 Å². The van der Waals surface area contributed by atoms with Gasteiger partial charge in [-0.05, 0) is 55.3 Å². The lowest BCUT2D eigenvalue weighted by Crippen LogP contribution is -2.39. The van der Waals surface area contributed by atoms with Crippen LogP contribution in [0.15, 0.2) is 69.8 Å². The second-order valence-corrected chi connectivity index (χ2v) is 7.64. The van der Waals surface area contributed by atoms with Crippen molar-refractivity contribution < 1.29 is 13.9 Å². The molecular weight excluding hydrogens is 405 g/mol. The first kappa shape index (κ1) is 19.9. The molecule has 0 spiro atoms. The van der Waals surface area contributed by atoms with Crippen molar-refractivity contribution >= 4 is 23.4 Å². The molecule has 0 saturated heterocycles. The van der Waals surface area contributed by atoms with Crippen LogP contribution in [-0.4, -0.2) is 22.1 Å². The first-order valence-electron chi connectivity index (χ1n) is 9.34. The van der Waals surface area contributed by atoms with Crippen LogP contribution in [0.5, 0.6) is 0 Å². The van der Waals surface area contributed by atoms with Crippen LogP contribution in [0.4, 0.5) is 4.39 Å². The van der Waals surface area contributed by atoms with Gasteiger partial charge in [0.15, 0.2) is 4.80 Å². The fourth-order valence-electron chi connectivity index (χ4n) is 3.36. The van der Waals surface area contributed by atoms with Gasteiger partial charge in [-0.1, -0.05) is 23.5 Å². The highest BCUT2D eigenvalue weighted by atomic mass is 32.1. The standard InChI is InChI=1S/C22H18FN3O3S/c1-3-29-21(28)18-13(2)25-22-26(19(18)15-4-6-16(23)7-5-15)20(27)17(30-22)12-14-8-10-24-11-9-14/h4-12,19H,3H2,1-2H3/b17-12+. The molecule has 1 aromatic carbocycles. The third kappa shape index (κ3) is 3.61. The van der Waals surface area contributed by atoms with E-state index >= 15 is 0 Å². The van der Waals surface area contributed by atoms with Crippen molar-refractivity contribution in [2.45, 2.75) is 19.9 Å². The van der Waals surface area contributed by atoms with Gasteiger partial charge in [-0.3, -0.25) is 14.3 Å². The van der Waals surface area contributed by atoms with Crippen molar-refractivity contribution in [1.29, 1.82) is 0 Å². The molecule has 0 N–H and O–H groups in total. The fourth-order valence-corrected chi connectivity index (χ4v) is 4.41. The average molecular weight is 423 g/mol. The minimum absolute atomic E-state index is 0.193. The van der Waals surface area contributed by atoms with Gasteiger partial charge in [0, 0.05) is 12.4 Å². The number of aromatic nitrogens is 2. The van der Waals surface area contributed by atoms with Crippen LogP contribution in [0.3, 0.4) is 0 Å². The number of hydrogen-bond acceptors (Lipinski definition) is 6. The Morgan fingerprint density at radius 1 is 1.23 bits per heavy atom. The zero-order valence-corrected chi connectivity index (χ0v) is 17.1. The molecule has 0 bridgehead atoms. The second kappa shape index (κ2) is 8.16. The fraction of sp³-hybridized carbons (Fsp3) is 0.182. The van der Waals surface area contributed by atoms with Crippen molar-refractivity contribution in [2.24, 2.45) is 4.99 Å². The number of hydrogen-bond donors (Lipinski definition) is 0. The van der Waals surface area contributed by atoms with E-state index in [4.69, 9.17) is 4.74 Å². The minimum Gasteiger partial charge on any atom is -0.463 e. The van der Waals surface area contributed by atoms with Crippen molar-refractivity contribution in [3.05, 3.63) is 96.7 Å². The van der Waals surface area contributed by atoms with E-state index in [2.05, 4.69) is 9.98 Å². The average Bonchev–Trinajstić information content (AvgIpc) is 3.03. The summed E-state index contributed by atoms with van der Waals surface area (Å²) >= 11 is 1.24. The highest BCUT2D eigenvalue weighted by Crippen LogP contribution is 2.30. The number of fused-ring (bicyclic) bond motifs is 1. The van der Waals surface area contributed by atoms with E-state index in [0.29, 0.717) is 20.6 Å². The lowest BCUT2D eigenvalue weighted by molar-refractivity contribution is -0.139. The summed E-state index contributed by atoms with van der Waals surface area (Å²) < 4.78 is 20.7. The first-order valence-corrected chi connectivity index (χ1v) is 10.2. The van der Waals surface area contributed by atoms with Crippen LogP contribution in [-0.2, 0) is 9.53 Å². The molecule has 1 aliphatic rings. The van der Waals surface area contributed by atoms with Crippen molar-refractivity contribution in [3.8, 4) is 0 Å². The van der Waals surface area contributed by atoms with Gasteiger partial charge >= 0.3 is 5.97 Å². The number of rotatable bonds is 4. The molecule has 8 heteroatoms. The van der Waals surface area contributed by atoms with Gasteiger partial charge < -0.3 is 4.74 Å². The normalized spacial score (nSPS) is 16.2. The van der Waals surface area contributed by atoms with Crippen molar-refractivity contribution in [1.82, 2.24) is 9.55 Å². The summed E-state index contributed by atoms with van der Waals surface area (Å²) in [5, 5.41) is 0. The van der Waals surface area contributed by atoms with E-state index in [1.165, 1.54) is 28.0 Å². The van der Waals surface area contributed by atoms with Gasteiger partial charge in [0.1, 0.15) is 5.82 Å². The van der Waals surface area contributed by atoms with Gasteiger partial charge in [-0.15, -0.1) is 0 Å². The minimum atomic E-state index is -0.750. The van der Waals surface area contributed by atoms with E-state index in [1.807, 2.05) is 0 Å². The van der Waals surface area contributed by atoms with Crippen LogP contribution >= 0.6 is 11.3 Å². The first-order chi connectivity index (χ1) is 14.5. The number of carbonyl (C=O) groups is 1. The largest absolute Gasteiger partial charge is 0.463 e. The SMILES string of the molecule is CCOC(=O)C1=C(C)N=c2s/c(=C/c3ccncc3)c(=O)n2C1c1ccc(F)cc1. The number of ether oxygens (including phenoxy) is 1. The molecule has 2 aromatic heterocycles. The smallest absolute Gasteiger partial charge is 0.338 e. The van der Waals surface area contributed by atoms with E-state index in [1.54, 1.807) is 56.6 Å². The lowest BCUT2D eigenvalue weighted by atomic mass is 9.96. The molecule has 152 valence electrons. The molecule has 0 aliphatic carbocycles.